The van der Waals surface area contributed by atoms with Crippen LogP contribution in [-0.2, 0) is 9.53 Å². The highest BCUT2D eigenvalue weighted by atomic mass is 16.5. The monoisotopic (exact) mass is 553 g/mol. The van der Waals surface area contributed by atoms with Gasteiger partial charge in [0.25, 0.3) is 5.91 Å². The number of benzene rings is 3. The number of hydrogen-bond donors (Lipinski definition) is 2. The lowest BCUT2D eigenvalue weighted by atomic mass is 9.83. The first-order valence-corrected chi connectivity index (χ1v) is 13.9. The molecular weight excluding hydrogens is 518 g/mol. The summed E-state index contributed by atoms with van der Waals surface area (Å²) < 4.78 is 12.2. The number of hydrogen-bond acceptors (Lipinski definition) is 6. The van der Waals surface area contributed by atoms with Crippen molar-refractivity contribution in [3.63, 3.8) is 0 Å². The van der Waals surface area contributed by atoms with E-state index in [0.29, 0.717) is 48.0 Å². The first-order chi connectivity index (χ1) is 20.1. The smallest absolute Gasteiger partial charge is 0.252 e. The van der Waals surface area contributed by atoms with E-state index in [4.69, 9.17) is 19.6 Å². The van der Waals surface area contributed by atoms with Gasteiger partial charge in [-0.1, -0.05) is 85.2 Å². The molecule has 3 aromatic rings. The molecule has 212 valence electrons. The van der Waals surface area contributed by atoms with Crippen molar-refractivity contribution in [1.82, 2.24) is 5.32 Å². The minimum Gasteiger partial charge on any atom is -0.494 e. The second-order valence-electron chi connectivity index (χ2n) is 9.66. The van der Waals surface area contributed by atoms with Crippen molar-refractivity contribution in [2.24, 2.45) is 10.1 Å². The van der Waals surface area contributed by atoms with Crippen molar-refractivity contribution in [2.75, 3.05) is 19.8 Å². The van der Waals surface area contributed by atoms with E-state index in [-0.39, 0.29) is 18.9 Å². The lowest BCUT2D eigenvalue weighted by Crippen LogP contribution is -2.48. The number of amides is 1. The van der Waals surface area contributed by atoms with Crippen molar-refractivity contribution in [3.05, 3.63) is 112 Å². The molecule has 0 saturated heterocycles. The molecule has 0 radical (unpaired) electrons. The fourth-order valence-electron chi connectivity index (χ4n) is 4.61. The second kappa shape index (κ2) is 14.7. The molecule has 0 saturated carbocycles. The molecule has 0 spiro atoms. The number of aliphatic hydroxyl groups is 1. The number of azide groups is 1. The highest BCUT2D eigenvalue weighted by molar-refractivity contribution is 6.01. The van der Waals surface area contributed by atoms with Gasteiger partial charge in [-0.2, -0.15) is 0 Å². The number of carbonyl (C=O) groups excluding carboxylic acids is 1. The maximum Gasteiger partial charge on any atom is 0.252 e. The highest BCUT2D eigenvalue weighted by Crippen LogP contribution is 2.45. The van der Waals surface area contributed by atoms with Crippen LogP contribution in [0.15, 0.2) is 95.0 Å². The van der Waals surface area contributed by atoms with E-state index < -0.39 is 11.6 Å². The van der Waals surface area contributed by atoms with Crippen LogP contribution in [0.5, 0.6) is 5.75 Å². The maximum absolute atomic E-state index is 14.0. The van der Waals surface area contributed by atoms with Crippen LogP contribution in [0.3, 0.4) is 0 Å². The molecule has 1 amide bonds. The average Bonchev–Trinajstić information content (AvgIpc) is 3.39. The third-order valence-electron chi connectivity index (χ3n) is 6.76. The van der Waals surface area contributed by atoms with E-state index in [1.165, 1.54) is 0 Å². The summed E-state index contributed by atoms with van der Waals surface area (Å²) in [4.78, 5) is 22.0. The molecule has 0 bridgehead atoms. The second-order valence-corrected chi connectivity index (χ2v) is 9.66. The number of aliphatic imine (C=N–C) groups is 1. The Morgan fingerprint density at radius 3 is 2.61 bits per heavy atom. The zero-order valence-electron chi connectivity index (χ0n) is 23.1. The van der Waals surface area contributed by atoms with Gasteiger partial charge in [-0.15, -0.1) is 0 Å². The Kier molecular flexibility index (Phi) is 10.5. The summed E-state index contributed by atoms with van der Waals surface area (Å²) in [6.07, 6.45) is 5.60. The van der Waals surface area contributed by atoms with Crippen LogP contribution in [0, 0.1) is 0 Å². The van der Waals surface area contributed by atoms with Gasteiger partial charge in [0.05, 0.1) is 6.61 Å². The van der Waals surface area contributed by atoms with Gasteiger partial charge in [0.2, 0.25) is 5.90 Å². The summed E-state index contributed by atoms with van der Waals surface area (Å²) in [6.45, 7) is 3.04. The summed E-state index contributed by atoms with van der Waals surface area (Å²) in [6, 6.07) is 24.2. The number of aliphatic hydroxyl groups excluding tert-OH is 1. The standard InChI is InChI=1S/C32H35N5O4/c1-2-3-21-34-31(39)32(20-9-13-24-11-5-4-6-12-24)29(27-14-7-8-15-28(27)36-37-33)41-30(35-32)25-16-18-26(19-17-25)40-23-10-22-38/h4-9,11-19,29,38H,2-3,10,20-23H2,1H3,(H,34,39)/b13-9+/t29-,32-/m1/s1. The average molecular weight is 554 g/mol. The largest absolute Gasteiger partial charge is 0.494 e. The van der Waals surface area contributed by atoms with E-state index in [0.717, 1.165) is 18.4 Å². The molecular formula is C32H35N5O4. The van der Waals surface area contributed by atoms with Gasteiger partial charge in [-0.3, -0.25) is 4.79 Å². The molecule has 2 N–H and O–H groups in total. The number of nitrogens with one attached hydrogen (secondary N) is 1. The summed E-state index contributed by atoms with van der Waals surface area (Å²) in [5, 5.41) is 16.0. The van der Waals surface area contributed by atoms with Crippen LogP contribution in [0.1, 0.15) is 55.4 Å². The Hall–Kier alpha value is -4.59. The first kappa shape index (κ1) is 29.4. The van der Waals surface area contributed by atoms with Gasteiger partial charge in [-0.25, -0.2) is 4.99 Å². The summed E-state index contributed by atoms with van der Waals surface area (Å²) in [5.41, 5.74) is 10.5. The predicted molar refractivity (Wildman–Crippen MR) is 160 cm³/mol. The molecule has 1 aliphatic heterocycles. The molecule has 0 unspecified atom stereocenters. The Morgan fingerprint density at radius 1 is 1.12 bits per heavy atom. The van der Waals surface area contributed by atoms with Gasteiger partial charge < -0.3 is 19.9 Å². The minimum absolute atomic E-state index is 0.0581. The molecule has 4 rings (SSSR count). The normalized spacial score (nSPS) is 17.9. The molecule has 3 aromatic carbocycles. The molecule has 0 aromatic heterocycles. The van der Waals surface area contributed by atoms with Gasteiger partial charge in [-0.05, 0) is 41.8 Å². The zero-order valence-corrected chi connectivity index (χ0v) is 23.1. The summed E-state index contributed by atoms with van der Waals surface area (Å²) in [7, 11) is 0. The van der Waals surface area contributed by atoms with Crippen molar-refractivity contribution in [2.45, 2.75) is 44.2 Å². The maximum atomic E-state index is 14.0. The lowest BCUT2D eigenvalue weighted by molar-refractivity contribution is -0.128. The number of carbonyl (C=O) groups is 1. The van der Waals surface area contributed by atoms with E-state index in [1.54, 1.807) is 30.3 Å². The minimum atomic E-state index is -1.36. The Bertz CT molecular complexity index is 1400. The summed E-state index contributed by atoms with van der Waals surface area (Å²) >= 11 is 0. The van der Waals surface area contributed by atoms with Gasteiger partial charge in [0.1, 0.15) is 5.75 Å². The number of nitrogens with zero attached hydrogens (tertiary/aromatic N) is 4. The van der Waals surface area contributed by atoms with E-state index in [2.05, 4.69) is 22.3 Å². The predicted octanol–water partition coefficient (Wildman–Crippen LogP) is 6.67. The fraction of sp³-hybridized carbons (Fsp3) is 0.312. The molecule has 41 heavy (non-hydrogen) atoms. The fourth-order valence-corrected chi connectivity index (χ4v) is 4.61. The lowest BCUT2D eigenvalue weighted by Gasteiger charge is -2.30. The van der Waals surface area contributed by atoms with Crippen molar-refractivity contribution in [3.8, 4) is 5.75 Å². The third kappa shape index (κ3) is 7.33. The van der Waals surface area contributed by atoms with Gasteiger partial charge >= 0.3 is 0 Å². The van der Waals surface area contributed by atoms with E-state index in [1.807, 2.05) is 60.7 Å². The Labute approximate surface area is 240 Å². The molecule has 1 aliphatic rings. The third-order valence-corrected chi connectivity index (χ3v) is 6.76. The summed E-state index contributed by atoms with van der Waals surface area (Å²) in [5.74, 6) is 0.704. The van der Waals surface area contributed by atoms with Gasteiger partial charge in [0.15, 0.2) is 11.6 Å². The van der Waals surface area contributed by atoms with Crippen LogP contribution >= 0.6 is 0 Å². The number of unbranched alkanes of at least 4 members (excludes halogenated alkanes) is 1. The molecule has 2 atom stereocenters. The number of ether oxygens (including phenoxy) is 2. The zero-order chi connectivity index (χ0) is 28.9. The van der Waals surface area contributed by atoms with Crippen LogP contribution in [0.25, 0.3) is 16.5 Å². The topological polar surface area (TPSA) is 129 Å². The molecule has 0 aliphatic carbocycles. The highest BCUT2D eigenvalue weighted by Gasteiger charge is 2.53. The van der Waals surface area contributed by atoms with E-state index >= 15 is 0 Å². The first-order valence-electron chi connectivity index (χ1n) is 13.9. The van der Waals surface area contributed by atoms with Crippen molar-refractivity contribution >= 4 is 23.6 Å². The van der Waals surface area contributed by atoms with Gasteiger partial charge in [0, 0.05) is 47.7 Å². The molecule has 9 nitrogen and oxygen atoms in total. The van der Waals surface area contributed by atoms with Crippen LogP contribution in [0.4, 0.5) is 5.69 Å². The Balaban J connectivity index is 1.77. The van der Waals surface area contributed by atoms with Crippen molar-refractivity contribution < 1.29 is 19.4 Å². The molecule has 0 fully saturated rings. The number of rotatable bonds is 14. The SMILES string of the molecule is CCCCNC(=O)[C@]1(C/C=C/c2ccccc2)N=C(c2ccc(OCCCO)cc2)O[C@@H]1c1ccccc1N=[N+]=[N-]. The van der Waals surface area contributed by atoms with E-state index in [9.17, 15) is 10.3 Å². The van der Waals surface area contributed by atoms with Crippen molar-refractivity contribution in [1.29, 1.82) is 0 Å². The van der Waals surface area contributed by atoms with Crippen LogP contribution < -0.4 is 10.1 Å². The molecule has 1 heterocycles. The molecule has 9 heteroatoms. The van der Waals surface area contributed by atoms with Crippen LogP contribution in [0.2, 0.25) is 0 Å². The Morgan fingerprint density at radius 2 is 1.88 bits per heavy atom. The quantitative estimate of drug-likeness (QED) is 0.1000. The van der Waals surface area contributed by atoms with Crippen LogP contribution in [-0.4, -0.2) is 42.2 Å².